The topological polar surface area (TPSA) is 91.3 Å². The van der Waals surface area contributed by atoms with Crippen molar-refractivity contribution in [2.75, 3.05) is 54.1 Å². The first-order valence-corrected chi connectivity index (χ1v) is 25.0. The molecule has 0 rings (SSSR count). The van der Waals surface area contributed by atoms with Crippen LogP contribution in [-0.2, 0) is 27.9 Å². The summed E-state index contributed by atoms with van der Waals surface area (Å²) in [6.45, 7) is 5.47. The predicted octanol–water partition coefficient (Wildman–Crippen LogP) is 14.1. The number of rotatable bonds is 43. The van der Waals surface area contributed by atoms with Crippen LogP contribution in [0.15, 0.2) is 60.8 Å². The van der Waals surface area contributed by atoms with E-state index in [9.17, 15) is 14.3 Å². The Morgan fingerprint density at radius 3 is 1.50 bits per heavy atom. The van der Waals surface area contributed by atoms with Crippen LogP contribution in [0.2, 0.25) is 0 Å². The number of hydrogen-bond donors (Lipinski definition) is 1. The van der Waals surface area contributed by atoms with Crippen LogP contribution < -0.4 is 0 Å². The van der Waals surface area contributed by atoms with Gasteiger partial charge in [-0.25, -0.2) is 4.57 Å². The summed E-state index contributed by atoms with van der Waals surface area (Å²) in [6, 6.07) is 0. The Hall–Kier alpha value is -1.80. The van der Waals surface area contributed by atoms with Gasteiger partial charge in [0.25, 0.3) is 0 Å². The molecule has 0 aromatic carbocycles. The highest BCUT2D eigenvalue weighted by Gasteiger charge is 2.26. The summed E-state index contributed by atoms with van der Waals surface area (Å²) in [5, 5.41) is 0. The van der Waals surface area contributed by atoms with E-state index in [2.05, 4.69) is 74.6 Å². The number of hydrogen-bond acceptors (Lipinski definition) is 6. The van der Waals surface area contributed by atoms with Crippen molar-refractivity contribution < 1.29 is 37.3 Å². The maximum Gasteiger partial charge on any atom is 0.472 e. The maximum absolute atomic E-state index is 12.7. The van der Waals surface area contributed by atoms with Gasteiger partial charge in [-0.05, 0) is 77.0 Å². The molecule has 1 N–H and O–H groups in total. The summed E-state index contributed by atoms with van der Waals surface area (Å²) in [5.41, 5.74) is 0. The quantitative estimate of drug-likeness (QED) is 0.0215. The number of unbranched alkanes of at least 4 members (excludes halogenated alkanes) is 19. The molecule has 0 aromatic heterocycles. The van der Waals surface area contributed by atoms with Crippen LogP contribution in [0.25, 0.3) is 0 Å². The molecule has 0 radical (unpaired) electrons. The first-order chi connectivity index (χ1) is 28.1. The fourth-order valence-electron chi connectivity index (χ4n) is 6.19. The molecule has 0 aliphatic carbocycles. The van der Waals surface area contributed by atoms with E-state index < -0.39 is 13.9 Å². The SMILES string of the molecule is CC/C=C\C/C=C\C/C=C\CCCCCCCCCC(=O)OC(COCCCCCCCCCC/C=C\C/C=C\CCCCCC)COP(=O)(O)OCC[N+](C)(C)C. The lowest BCUT2D eigenvalue weighted by Crippen LogP contribution is -2.37. The third kappa shape index (κ3) is 45.3. The average Bonchev–Trinajstić information content (AvgIpc) is 3.18. The number of nitrogens with zero attached hydrogens (tertiary/aromatic N) is 1. The number of phosphoric ester groups is 1. The largest absolute Gasteiger partial charge is 0.472 e. The third-order valence-electron chi connectivity index (χ3n) is 9.81. The smallest absolute Gasteiger partial charge is 0.457 e. The van der Waals surface area contributed by atoms with Gasteiger partial charge in [0.1, 0.15) is 19.3 Å². The normalized spacial score (nSPS) is 14.2. The number of likely N-dealkylation sites (N-methyl/N-ethyl adjacent to an activating group) is 1. The van der Waals surface area contributed by atoms with Gasteiger partial charge >= 0.3 is 13.8 Å². The first kappa shape index (κ1) is 56.2. The molecule has 2 atom stereocenters. The molecule has 9 heteroatoms. The second kappa shape index (κ2) is 41.9. The van der Waals surface area contributed by atoms with Gasteiger partial charge in [0.05, 0.1) is 34.4 Å². The molecule has 8 nitrogen and oxygen atoms in total. The lowest BCUT2D eigenvalue weighted by Gasteiger charge is -2.24. The summed E-state index contributed by atoms with van der Waals surface area (Å²) in [4.78, 5) is 22.9. The maximum atomic E-state index is 12.7. The van der Waals surface area contributed by atoms with Crippen molar-refractivity contribution in [2.24, 2.45) is 0 Å². The van der Waals surface area contributed by atoms with Crippen molar-refractivity contribution in [3.8, 4) is 0 Å². The van der Waals surface area contributed by atoms with Gasteiger partial charge in [-0.2, -0.15) is 0 Å². The Kier molecular flexibility index (Phi) is 40.6. The average molecular weight is 837 g/mol. The van der Waals surface area contributed by atoms with Gasteiger partial charge < -0.3 is 18.9 Å². The zero-order valence-electron chi connectivity index (χ0n) is 38.3. The van der Waals surface area contributed by atoms with Crippen LogP contribution in [-0.4, -0.2) is 75.6 Å². The summed E-state index contributed by atoms with van der Waals surface area (Å²) >= 11 is 0. The van der Waals surface area contributed by atoms with Crippen molar-refractivity contribution in [1.82, 2.24) is 0 Å². The molecule has 0 amide bonds. The standard InChI is InChI=1S/C49H90NO7P/c1-6-8-10-12-14-16-18-20-22-24-25-27-29-31-33-35-37-39-41-44-54-46-48(47-56-58(52,53)55-45-43-50(3,4)5)57-49(51)42-40-38-36-34-32-30-28-26-23-21-19-17-15-13-11-9-7-2/h9,11,15-18,21-24,48H,6-8,10,12-14,19-20,25-47H2,1-5H3/p+1/b11-9-,17-15-,18-16-,23-21-,24-22-. The molecule has 0 aromatic rings. The highest BCUT2D eigenvalue weighted by molar-refractivity contribution is 7.47. The highest BCUT2D eigenvalue weighted by Crippen LogP contribution is 2.43. The van der Waals surface area contributed by atoms with E-state index in [1.165, 1.54) is 103 Å². The van der Waals surface area contributed by atoms with Gasteiger partial charge in [0.15, 0.2) is 0 Å². The summed E-state index contributed by atoms with van der Waals surface area (Å²) in [7, 11) is 1.65. The molecule has 0 fully saturated rings. The number of phosphoric acid groups is 1. The molecule has 0 saturated carbocycles. The van der Waals surface area contributed by atoms with Crippen molar-refractivity contribution in [2.45, 2.75) is 193 Å². The van der Waals surface area contributed by atoms with Crippen molar-refractivity contribution in [3.05, 3.63) is 60.8 Å². The first-order valence-electron chi connectivity index (χ1n) is 23.5. The third-order valence-corrected chi connectivity index (χ3v) is 10.8. The van der Waals surface area contributed by atoms with E-state index in [1.54, 1.807) is 0 Å². The minimum Gasteiger partial charge on any atom is -0.457 e. The Balaban J connectivity index is 4.23. The molecule has 338 valence electrons. The van der Waals surface area contributed by atoms with E-state index in [1.807, 2.05) is 21.1 Å². The second-order valence-corrected chi connectivity index (χ2v) is 18.2. The molecule has 0 saturated heterocycles. The van der Waals surface area contributed by atoms with Crippen LogP contribution in [0.5, 0.6) is 0 Å². The zero-order valence-corrected chi connectivity index (χ0v) is 39.2. The van der Waals surface area contributed by atoms with Crippen LogP contribution in [0.3, 0.4) is 0 Å². The van der Waals surface area contributed by atoms with Gasteiger partial charge in [-0.15, -0.1) is 0 Å². The Bertz CT molecular complexity index is 1110. The summed E-state index contributed by atoms with van der Waals surface area (Å²) < 4.78 is 35.1. The van der Waals surface area contributed by atoms with Crippen LogP contribution in [0.4, 0.5) is 0 Å². The van der Waals surface area contributed by atoms with E-state index >= 15 is 0 Å². The van der Waals surface area contributed by atoms with E-state index in [0.717, 1.165) is 64.2 Å². The number of allylic oxidation sites excluding steroid dienone is 10. The molecule has 0 spiro atoms. The van der Waals surface area contributed by atoms with E-state index in [0.29, 0.717) is 24.1 Å². The molecular formula is C49H91NO7P+. The molecule has 2 unspecified atom stereocenters. The summed E-state index contributed by atoms with van der Waals surface area (Å²) in [6.07, 6.45) is 52.5. The van der Waals surface area contributed by atoms with Crippen LogP contribution >= 0.6 is 7.82 Å². The minimum atomic E-state index is -4.28. The fraction of sp³-hybridized carbons (Fsp3) is 0.776. The van der Waals surface area contributed by atoms with Gasteiger partial charge in [0, 0.05) is 13.0 Å². The van der Waals surface area contributed by atoms with E-state index in [4.69, 9.17) is 18.5 Å². The minimum absolute atomic E-state index is 0.0828. The Morgan fingerprint density at radius 2 is 1.00 bits per heavy atom. The lowest BCUT2D eigenvalue weighted by atomic mass is 10.1. The lowest BCUT2D eigenvalue weighted by molar-refractivity contribution is -0.870. The van der Waals surface area contributed by atoms with Crippen molar-refractivity contribution in [3.63, 3.8) is 0 Å². The number of quaternary nitrogens is 1. The van der Waals surface area contributed by atoms with Gasteiger partial charge in [-0.3, -0.25) is 13.8 Å². The van der Waals surface area contributed by atoms with Gasteiger partial charge in [-0.1, -0.05) is 164 Å². The molecular weight excluding hydrogens is 746 g/mol. The van der Waals surface area contributed by atoms with Crippen molar-refractivity contribution in [1.29, 1.82) is 0 Å². The number of carbonyl (C=O) groups is 1. The number of esters is 1. The predicted molar refractivity (Wildman–Crippen MR) is 247 cm³/mol. The Labute approximate surface area is 358 Å². The second-order valence-electron chi connectivity index (χ2n) is 16.8. The molecule has 0 heterocycles. The molecule has 0 aliphatic rings. The summed E-state index contributed by atoms with van der Waals surface area (Å²) in [5.74, 6) is -0.327. The Morgan fingerprint density at radius 1 is 0.552 bits per heavy atom. The fourth-order valence-corrected chi connectivity index (χ4v) is 6.93. The number of carbonyl (C=O) groups excluding carboxylic acids is 1. The van der Waals surface area contributed by atoms with Crippen molar-refractivity contribution >= 4 is 13.8 Å². The van der Waals surface area contributed by atoms with E-state index in [-0.39, 0.29) is 25.8 Å². The van der Waals surface area contributed by atoms with Gasteiger partial charge in [0.2, 0.25) is 0 Å². The van der Waals surface area contributed by atoms with Crippen LogP contribution in [0, 0.1) is 0 Å². The monoisotopic (exact) mass is 837 g/mol. The molecule has 0 bridgehead atoms. The molecule has 0 aliphatic heterocycles. The number of ether oxygens (including phenoxy) is 2. The van der Waals surface area contributed by atoms with Crippen LogP contribution in [0.1, 0.15) is 187 Å². The zero-order chi connectivity index (χ0) is 42.7. The molecule has 58 heavy (non-hydrogen) atoms. The highest BCUT2D eigenvalue weighted by atomic mass is 31.2.